The average molecular weight is 394 g/mol. The van der Waals surface area contributed by atoms with E-state index >= 15 is 0 Å². The average Bonchev–Trinajstić information content (AvgIpc) is 3.21. The minimum absolute atomic E-state index is 0.294. The summed E-state index contributed by atoms with van der Waals surface area (Å²) in [7, 11) is 0. The maximum absolute atomic E-state index is 12.3. The molecule has 0 bridgehead atoms. The topological polar surface area (TPSA) is 66.4 Å². The molecule has 1 aliphatic heterocycles. The zero-order chi connectivity index (χ0) is 19.7. The normalized spacial score (nSPS) is 19.7. The molecular weight excluding hydrogens is 365 g/mol. The van der Waals surface area contributed by atoms with E-state index in [0.717, 1.165) is 0 Å². The van der Waals surface area contributed by atoms with Crippen LogP contribution >= 0.6 is 11.8 Å². The lowest BCUT2D eigenvalue weighted by molar-refractivity contribution is -0.118. The highest BCUT2D eigenvalue weighted by Gasteiger charge is 2.54. The minimum atomic E-state index is -0.572. The van der Waals surface area contributed by atoms with Crippen molar-refractivity contribution in [3.05, 3.63) is 41.7 Å². The molecule has 4 nitrogen and oxygen atoms in total. The zero-order valence-electron chi connectivity index (χ0n) is 15.8. The van der Waals surface area contributed by atoms with Crippen LogP contribution in [0.15, 0.2) is 35.9 Å². The van der Waals surface area contributed by atoms with Gasteiger partial charge in [0.1, 0.15) is 12.4 Å². The summed E-state index contributed by atoms with van der Waals surface area (Å²) in [5, 5.41) is 11.0. The lowest BCUT2D eigenvalue weighted by Gasteiger charge is -2.08. The molecule has 1 amide bonds. The molecule has 1 saturated carbocycles. The first-order valence-electron chi connectivity index (χ1n) is 9.59. The predicted molar refractivity (Wildman–Crippen MR) is 108 cm³/mol. The molecule has 0 radical (unpaired) electrons. The number of benzene rings is 1. The number of hydrogen-bond acceptors (Lipinski definition) is 4. The van der Waals surface area contributed by atoms with Gasteiger partial charge in [-0.2, -0.15) is 0 Å². The van der Waals surface area contributed by atoms with Crippen molar-refractivity contribution in [2.24, 2.45) is 0 Å². The van der Waals surface area contributed by atoms with E-state index in [9.17, 15) is 14.0 Å². The number of thioether (sulfide) groups is 1. The molecule has 0 spiro atoms. The largest absolute Gasteiger partial charge is 0.387 e. The Balaban J connectivity index is 0.000000199. The van der Waals surface area contributed by atoms with E-state index in [4.69, 9.17) is 5.11 Å². The van der Waals surface area contributed by atoms with E-state index in [1.54, 1.807) is 11.8 Å². The van der Waals surface area contributed by atoms with Crippen molar-refractivity contribution in [2.45, 2.75) is 63.0 Å². The van der Waals surface area contributed by atoms with Gasteiger partial charge in [0.25, 0.3) is 0 Å². The predicted octanol–water partition coefficient (Wildman–Crippen LogP) is 4.84. The lowest BCUT2D eigenvalue weighted by atomic mass is 10.1. The van der Waals surface area contributed by atoms with Crippen LogP contribution in [0.2, 0.25) is 0 Å². The van der Waals surface area contributed by atoms with E-state index in [-0.39, 0.29) is 5.82 Å². The Hall–Kier alpha value is -1.66. The first-order chi connectivity index (χ1) is 13.0. The smallest absolute Gasteiger partial charge is 0.250 e. The molecule has 0 saturated heterocycles. The van der Waals surface area contributed by atoms with E-state index < -0.39 is 12.5 Å². The highest BCUT2D eigenvalue weighted by Crippen LogP contribution is 2.61. The number of unbranched alkanes of at least 4 members (excludes halogenated alkanes) is 5. The number of hydrogen-bond donors (Lipinski definition) is 2. The van der Waals surface area contributed by atoms with Crippen LogP contribution in [0.4, 0.5) is 10.1 Å². The number of aliphatic hydroxyl groups is 1. The van der Waals surface area contributed by atoms with Crippen LogP contribution in [0.3, 0.4) is 0 Å². The number of halogens is 1. The highest BCUT2D eigenvalue weighted by molar-refractivity contribution is 8.16. The van der Waals surface area contributed by atoms with Crippen LogP contribution in [0.25, 0.3) is 0 Å². The number of aliphatic hydroxyl groups excluding tert-OH is 1. The van der Waals surface area contributed by atoms with Crippen molar-refractivity contribution in [2.75, 3.05) is 11.9 Å². The molecule has 27 heavy (non-hydrogen) atoms. The molecule has 1 atom stereocenters. The molecule has 1 aromatic carbocycles. The SMILES string of the molecule is CCCCCCCCC12CC1=CC(=O)S2.O=C(CO)Nc1ccc(F)cc1. The number of fused-ring (bicyclic) bond motifs is 1. The Morgan fingerprint density at radius 2 is 1.85 bits per heavy atom. The third-order valence-electron chi connectivity index (χ3n) is 4.73. The van der Waals surface area contributed by atoms with E-state index in [1.165, 1.54) is 81.2 Å². The molecule has 3 rings (SSSR count). The van der Waals surface area contributed by atoms with Crippen LogP contribution in [-0.2, 0) is 9.59 Å². The van der Waals surface area contributed by atoms with Gasteiger partial charge >= 0.3 is 0 Å². The Labute approximate surface area is 164 Å². The van der Waals surface area contributed by atoms with E-state index in [0.29, 0.717) is 15.5 Å². The summed E-state index contributed by atoms with van der Waals surface area (Å²) >= 11 is 1.58. The van der Waals surface area contributed by atoms with Gasteiger partial charge < -0.3 is 10.4 Å². The lowest BCUT2D eigenvalue weighted by Crippen LogP contribution is -2.15. The summed E-state index contributed by atoms with van der Waals surface area (Å²) in [6.45, 7) is 1.68. The summed E-state index contributed by atoms with van der Waals surface area (Å²) in [5.74, 6) is -0.876. The van der Waals surface area contributed by atoms with Gasteiger partial charge in [-0.15, -0.1) is 0 Å². The Kier molecular flexibility index (Phi) is 8.51. The number of amides is 1. The molecule has 0 aromatic heterocycles. The molecule has 2 N–H and O–H groups in total. The number of nitrogens with one attached hydrogen (secondary N) is 1. The van der Waals surface area contributed by atoms with Crippen molar-refractivity contribution in [3.8, 4) is 0 Å². The first-order valence-corrected chi connectivity index (χ1v) is 10.4. The second kappa shape index (κ2) is 10.6. The molecule has 2 aliphatic rings. The van der Waals surface area contributed by atoms with Gasteiger partial charge in [-0.3, -0.25) is 9.59 Å². The van der Waals surface area contributed by atoms with E-state index in [2.05, 4.69) is 12.2 Å². The van der Waals surface area contributed by atoms with Gasteiger partial charge in [0.15, 0.2) is 0 Å². The van der Waals surface area contributed by atoms with E-state index in [1.807, 2.05) is 6.08 Å². The summed E-state index contributed by atoms with van der Waals surface area (Å²) in [6, 6.07) is 5.30. The van der Waals surface area contributed by atoms with Crippen molar-refractivity contribution < 1.29 is 19.1 Å². The quantitative estimate of drug-likeness (QED) is 0.590. The van der Waals surface area contributed by atoms with Gasteiger partial charge in [0, 0.05) is 10.4 Å². The zero-order valence-corrected chi connectivity index (χ0v) is 16.6. The molecule has 1 unspecified atom stereocenters. The first kappa shape index (κ1) is 21.6. The van der Waals surface area contributed by atoms with Crippen molar-refractivity contribution in [1.82, 2.24) is 0 Å². The van der Waals surface area contributed by atoms with Gasteiger partial charge in [0.05, 0.1) is 0 Å². The standard InChI is InChI=1S/C13H20OS.C8H8FNO2/c1-2-3-4-5-6-7-8-13-10-11(13)9-12(14)15-13;9-6-1-3-7(4-2-6)10-8(12)5-11/h9H,2-8,10H2,1H3;1-4,11H,5H2,(H,10,12). The van der Waals surface area contributed by atoms with Gasteiger partial charge in [0.2, 0.25) is 11.0 Å². The highest BCUT2D eigenvalue weighted by atomic mass is 32.2. The van der Waals surface area contributed by atoms with Gasteiger partial charge in [-0.25, -0.2) is 4.39 Å². The second-order valence-electron chi connectivity index (χ2n) is 6.99. The molecule has 6 heteroatoms. The van der Waals surface area contributed by atoms with Crippen molar-refractivity contribution >= 4 is 28.5 Å². The number of anilines is 1. The Morgan fingerprint density at radius 1 is 1.19 bits per heavy atom. The fourth-order valence-corrected chi connectivity index (χ4v) is 4.39. The second-order valence-corrected chi connectivity index (χ2v) is 8.38. The maximum atomic E-state index is 12.3. The summed E-state index contributed by atoms with van der Waals surface area (Å²) in [6.07, 6.45) is 12.4. The maximum Gasteiger partial charge on any atom is 0.250 e. The molecule has 1 heterocycles. The van der Waals surface area contributed by atoms with Crippen LogP contribution in [0.5, 0.6) is 0 Å². The van der Waals surface area contributed by atoms with Crippen molar-refractivity contribution in [3.63, 3.8) is 0 Å². The fourth-order valence-electron chi connectivity index (χ4n) is 3.14. The third kappa shape index (κ3) is 7.11. The molecular formula is C21H28FNO3S. The van der Waals surface area contributed by atoms with Gasteiger partial charge in [-0.05, 0) is 48.8 Å². The summed E-state index contributed by atoms with van der Waals surface area (Å²) in [5.41, 5.74) is 1.89. The minimum Gasteiger partial charge on any atom is -0.387 e. The van der Waals surface area contributed by atoms with Crippen LogP contribution in [-0.4, -0.2) is 27.5 Å². The van der Waals surface area contributed by atoms with Crippen molar-refractivity contribution in [1.29, 1.82) is 0 Å². The molecule has 148 valence electrons. The Morgan fingerprint density at radius 3 is 2.44 bits per heavy atom. The number of carbonyl (C=O) groups is 2. The van der Waals surface area contributed by atoms with Gasteiger partial charge in [-0.1, -0.05) is 57.2 Å². The number of carbonyl (C=O) groups excluding carboxylic acids is 2. The third-order valence-corrected chi connectivity index (χ3v) is 6.05. The monoisotopic (exact) mass is 393 g/mol. The van der Waals surface area contributed by atoms with Crippen LogP contribution in [0, 0.1) is 5.82 Å². The van der Waals surface area contributed by atoms with Crippen LogP contribution in [0.1, 0.15) is 58.3 Å². The molecule has 1 aliphatic carbocycles. The summed E-state index contributed by atoms with van der Waals surface area (Å²) in [4.78, 5) is 21.8. The van der Waals surface area contributed by atoms with Crippen LogP contribution < -0.4 is 5.32 Å². The molecule has 1 aromatic rings. The Bertz CT molecular complexity index is 675. The summed E-state index contributed by atoms with van der Waals surface area (Å²) < 4.78 is 12.7. The molecule has 1 fully saturated rings. The number of rotatable bonds is 9. The fraction of sp³-hybridized carbons (Fsp3) is 0.524.